The summed E-state index contributed by atoms with van der Waals surface area (Å²) in [5, 5.41) is 31.9. The largest absolute Gasteiger partial charge is 0.394 e. The van der Waals surface area contributed by atoms with Crippen molar-refractivity contribution in [2.45, 2.75) is 12.1 Å². The standard InChI is InChI=1S/C11H15N3O5.ClH/c12-5-10(16)13-9(6-15)11(17)7-1-3-8(4-2-7)14(18)19;/h1-4,9,11,15,17H,5-6,12H2,(H,13,16);1H/t9-,11-;/m1./s1. The van der Waals surface area contributed by atoms with Crippen LogP contribution in [0.1, 0.15) is 11.7 Å². The van der Waals surface area contributed by atoms with Crippen molar-refractivity contribution in [2.24, 2.45) is 5.73 Å². The number of carbonyl (C=O) groups is 1. The van der Waals surface area contributed by atoms with E-state index in [0.717, 1.165) is 0 Å². The molecule has 0 bridgehead atoms. The summed E-state index contributed by atoms with van der Waals surface area (Å²) in [4.78, 5) is 21.0. The van der Waals surface area contributed by atoms with E-state index in [1.807, 2.05) is 0 Å². The summed E-state index contributed by atoms with van der Waals surface area (Å²) in [6.07, 6.45) is -1.18. The molecular weight excluding hydrogens is 290 g/mol. The molecule has 0 spiro atoms. The third-order valence-electron chi connectivity index (χ3n) is 2.56. The van der Waals surface area contributed by atoms with Crippen LogP contribution in [0.5, 0.6) is 0 Å². The number of benzene rings is 1. The van der Waals surface area contributed by atoms with Gasteiger partial charge in [0.1, 0.15) is 6.10 Å². The smallest absolute Gasteiger partial charge is 0.269 e. The van der Waals surface area contributed by atoms with Crippen LogP contribution in [0.3, 0.4) is 0 Å². The third-order valence-corrected chi connectivity index (χ3v) is 2.56. The maximum absolute atomic E-state index is 11.1. The molecule has 8 nitrogen and oxygen atoms in total. The van der Waals surface area contributed by atoms with Gasteiger partial charge >= 0.3 is 0 Å². The van der Waals surface area contributed by atoms with Crippen molar-refractivity contribution in [2.75, 3.05) is 13.2 Å². The average molecular weight is 306 g/mol. The average Bonchev–Trinajstić information content (AvgIpc) is 2.43. The van der Waals surface area contributed by atoms with Gasteiger partial charge in [0.15, 0.2) is 0 Å². The Bertz CT molecular complexity index is 454. The van der Waals surface area contributed by atoms with E-state index in [2.05, 4.69) is 5.32 Å². The second kappa shape index (κ2) is 8.43. The lowest BCUT2D eigenvalue weighted by molar-refractivity contribution is -0.384. The number of nitrogens with zero attached hydrogens (tertiary/aromatic N) is 1. The number of nitrogens with two attached hydrogens (primary N) is 1. The SMILES string of the molecule is Cl.NCC(=O)N[C@H](CO)[C@H](O)c1ccc([N+](=O)[O-])cc1. The molecule has 0 aliphatic heterocycles. The van der Waals surface area contributed by atoms with Crippen LogP contribution >= 0.6 is 12.4 Å². The van der Waals surface area contributed by atoms with Crippen LogP contribution in [0.15, 0.2) is 24.3 Å². The van der Waals surface area contributed by atoms with Crippen LogP contribution in [0, 0.1) is 10.1 Å². The summed E-state index contributed by atoms with van der Waals surface area (Å²) in [5.74, 6) is -0.514. The third kappa shape index (κ3) is 4.74. The van der Waals surface area contributed by atoms with E-state index in [1.165, 1.54) is 24.3 Å². The van der Waals surface area contributed by atoms with Crippen molar-refractivity contribution >= 4 is 24.0 Å². The van der Waals surface area contributed by atoms with Crippen LogP contribution in [-0.2, 0) is 4.79 Å². The monoisotopic (exact) mass is 305 g/mol. The molecule has 0 fully saturated rings. The molecule has 1 aromatic carbocycles. The Morgan fingerprint density at radius 3 is 2.35 bits per heavy atom. The zero-order valence-corrected chi connectivity index (χ0v) is 11.2. The number of rotatable bonds is 6. The van der Waals surface area contributed by atoms with Crippen molar-refractivity contribution in [3.63, 3.8) is 0 Å². The first kappa shape index (κ1) is 18.3. The van der Waals surface area contributed by atoms with Crippen molar-refractivity contribution in [3.05, 3.63) is 39.9 Å². The molecule has 0 saturated heterocycles. The molecule has 2 atom stereocenters. The number of non-ortho nitro benzene ring substituents is 1. The number of carbonyl (C=O) groups excluding carboxylic acids is 1. The summed E-state index contributed by atoms with van der Waals surface area (Å²) in [6, 6.07) is 4.27. The first-order chi connectivity index (χ1) is 8.99. The fourth-order valence-electron chi connectivity index (χ4n) is 1.52. The van der Waals surface area contributed by atoms with Gasteiger partial charge in [-0.05, 0) is 17.7 Å². The normalized spacial score (nSPS) is 12.9. The molecule has 0 unspecified atom stereocenters. The second-order valence-corrected chi connectivity index (χ2v) is 3.85. The van der Waals surface area contributed by atoms with E-state index in [0.29, 0.717) is 5.56 Å². The van der Waals surface area contributed by atoms with Gasteiger partial charge in [0.2, 0.25) is 5.91 Å². The molecule has 1 aromatic rings. The summed E-state index contributed by atoms with van der Waals surface area (Å²) >= 11 is 0. The Hall–Kier alpha value is -1.74. The number of nitro benzene ring substituents is 1. The number of aliphatic hydroxyl groups is 2. The summed E-state index contributed by atoms with van der Waals surface area (Å²) in [7, 11) is 0. The minimum Gasteiger partial charge on any atom is -0.394 e. The molecule has 1 amide bonds. The Morgan fingerprint density at radius 1 is 1.40 bits per heavy atom. The predicted molar refractivity (Wildman–Crippen MR) is 73.4 cm³/mol. The zero-order valence-electron chi connectivity index (χ0n) is 10.4. The van der Waals surface area contributed by atoms with E-state index in [-0.39, 0.29) is 24.6 Å². The highest BCUT2D eigenvalue weighted by Gasteiger charge is 2.22. The quantitative estimate of drug-likeness (QED) is 0.412. The van der Waals surface area contributed by atoms with E-state index in [9.17, 15) is 20.0 Å². The highest BCUT2D eigenvalue weighted by molar-refractivity contribution is 5.85. The number of nitro groups is 1. The Morgan fingerprint density at radius 2 is 1.95 bits per heavy atom. The molecule has 0 aliphatic carbocycles. The second-order valence-electron chi connectivity index (χ2n) is 3.85. The van der Waals surface area contributed by atoms with Gasteiger partial charge < -0.3 is 21.3 Å². The van der Waals surface area contributed by atoms with Gasteiger partial charge in [0.05, 0.1) is 24.1 Å². The van der Waals surface area contributed by atoms with Crippen LogP contribution in [-0.4, -0.2) is 40.2 Å². The molecule has 112 valence electrons. The first-order valence-electron chi connectivity index (χ1n) is 5.52. The minimum atomic E-state index is -1.18. The minimum absolute atomic E-state index is 0. The highest BCUT2D eigenvalue weighted by atomic mass is 35.5. The molecule has 5 N–H and O–H groups in total. The molecule has 0 saturated carbocycles. The van der Waals surface area contributed by atoms with Crippen molar-refractivity contribution in [1.82, 2.24) is 5.32 Å². The Balaban J connectivity index is 0.00000361. The topological polar surface area (TPSA) is 139 Å². The molecular formula is C11H16ClN3O5. The molecule has 0 radical (unpaired) electrons. The molecule has 20 heavy (non-hydrogen) atoms. The number of halogens is 1. The lowest BCUT2D eigenvalue weighted by Gasteiger charge is -2.22. The molecule has 0 heterocycles. The summed E-state index contributed by atoms with van der Waals surface area (Å²) in [5.41, 5.74) is 5.36. The number of amides is 1. The lowest BCUT2D eigenvalue weighted by Crippen LogP contribution is -2.44. The molecule has 9 heteroatoms. The van der Waals surface area contributed by atoms with Crippen molar-refractivity contribution in [3.8, 4) is 0 Å². The van der Waals surface area contributed by atoms with Gasteiger partial charge in [0, 0.05) is 12.1 Å². The van der Waals surface area contributed by atoms with Crippen LogP contribution in [0.2, 0.25) is 0 Å². The fraction of sp³-hybridized carbons (Fsp3) is 0.364. The van der Waals surface area contributed by atoms with Crippen LogP contribution < -0.4 is 11.1 Å². The van der Waals surface area contributed by atoms with Gasteiger partial charge in [-0.1, -0.05) is 0 Å². The van der Waals surface area contributed by atoms with E-state index >= 15 is 0 Å². The first-order valence-corrected chi connectivity index (χ1v) is 5.52. The van der Waals surface area contributed by atoms with Crippen molar-refractivity contribution in [1.29, 1.82) is 0 Å². The maximum atomic E-state index is 11.1. The number of aliphatic hydroxyl groups excluding tert-OH is 2. The molecule has 1 rings (SSSR count). The van der Waals surface area contributed by atoms with E-state index < -0.39 is 29.6 Å². The molecule has 0 aliphatic rings. The van der Waals surface area contributed by atoms with Gasteiger partial charge in [-0.3, -0.25) is 14.9 Å². The van der Waals surface area contributed by atoms with Crippen molar-refractivity contribution < 1.29 is 19.9 Å². The Labute approximate surface area is 121 Å². The zero-order chi connectivity index (χ0) is 14.4. The molecule has 0 aromatic heterocycles. The number of hydrogen-bond acceptors (Lipinski definition) is 6. The predicted octanol–water partition coefficient (Wildman–Crippen LogP) is -0.514. The van der Waals surface area contributed by atoms with Gasteiger partial charge in [0.25, 0.3) is 5.69 Å². The number of hydrogen-bond donors (Lipinski definition) is 4. The van der Waals surface area contributed by atoms with Gasteiger partial charge in [-0.2, -0.15) is 0 Å². The maximum Gasteiger partial charge on any atom is 0.269 e. The van der Waals surface area contributed by atoms with E-state index in [1.54, 1.807) is 0 Å². The number of nitrogens with one attached hydrogen (secondary N) is 1. The van der Waals surface area contributed by atoms with Gasteiger partial charge in [-0.25, -0.2) is 0 Å². The van der Waals surface area contributed by atoms with Crippen LogP contribution in [0.25, 0.3) is 0 Å². The Kier molecular flexibility index (Phi) is 7.70. The highest BCUT2D eigenvalue weighted by Crippen LogP contribution is 2.20. The summed E-state index contributed by atoms with van der Waals surface area (Å²) < 4.78 is 0. The fourth-order valence-corrected chi connectivity index (χ4v) is 1.52. The van der Waals surface area contributed by atoms with Crippen LogP contribution in [0.4, 0.5) is 5.69 Å². The lowest BCUT2D eigenvalue weighted by atomic mass is 10.0. The van der Waals surface area contributed by atoms with E-state index in [4.69, 9.17) is 10.8 Å². The summed E-state index contributed by atoms with van der Waals surface area (Å²) in [6.45, 7) is -0.743. The van der Waals surface area contributed by atoms with Gasteiger partial charge in [-0.15, -0.1) is 12.4 Å².